The maximum absolute atomic E-state index is 6.04. The summed E-state index contributed by atoms with van der Waals surface area (Å²) in [5.41, 5.74) is 1.13. The Morgan fingerprint density at radius 3 is 2.91 bits per heavy atom. The van der Waals surface area contributed by atoms with E-state index in [2.05, 4.69) is 27.0 Å². The molecule has 23 heavy (non-hydrogen) atoms. The van der Waals surface area contributed by atoms with Gasteiger partial charge in [0.25, 0.3) is 0 Å². The lowest BCUT2D eigenvalue weighted by atomic mass is 10.1. The Labute approximate surface area is 141 Å². The number of methoxy groups -OCH3 is 1. The molecule has 0 unspecified atom stereocenters. The highest BCUT2D eigenvalue weighted by Crippen LogP contribution is 2.28. The number of nitrogens with zero attached hydrogens (tertiary/aromatic N) is 4. The van der Waals surface area contributed by atoms with Gasteiger partial charge in [-0.3, -0.25) is 9.80 Å². The van der Waals surface area contributed by atoms with E-state index in [9.17, 15) is 0 Å². The number of aromatic nitrogens is 2. The Bertz CT molecular complexity index is 676. The molecule has 1 aliphatic rings. The lowest BCUT2D eigenvalue weighted by Crippen LogP contribution is -2.46. The first-order chi connectivity index (χ1) is 11.1. The van der Waals surface area contributed by atoms with Gasteiger partial charge in [0.05, 0.1) is 7.11 Å². The van der Waals surface area contributed by atoms with Crippen LogP contribution in [-0.4, -0.2) is 53.7 Å². The van der Waals surface area contributed by atoms with Crippen molar-refractivity contribution in [2.45, 2.75) is 19.5 Å². The Morgan fingerprint density at radius 2 is 2.22 bits per heavy atom. The third-order valence-corrected chi connectivity index (χ3v) is 4.44. The predicted molar refractivity (Wildman–Crippen MR) is 87.7 cm³/mol. The largest absolute Gasteiger partial charge is 0.496 e. The van der Waals surface area contributed by atoms with Crippen molar-refractivity contribution in [1.29, 1.82) is 0 Å². The molecule has 3 rings (SSSR count). The summed E-state index contributed by atoms with van der Waals surface area (Å²) in [5, 5.41) is 4.59. The van der Waals surface area contributed by atoms with Gasteiger partial charge in [-0.25, -0.2) is 0 Å². The average Bonchev–Trinajstić information content (AvgIpc) is 2.97. The van der Waals surface area contributed by atoms with Gasteiger partial charge in [0.2, 0.25) is 5.89 Å². The minimum atomic E-state index is 0.114. The summed E-state index contributed by atoms with van der Waals surface area (Å²) in [7, 11) is 3.76. The highest BCUT2D eigenvalue weighted by atomic mass is 35.5. The standard InChI is InChI=1S/C16H21ClN4O2/c1-11-18-16(23-19-11)14-10-21(7-6-20(14)2)9-12-4-5-13(17)8-15(12)22-3/h4-5,8,14H,6-7,9-10H2,1-3H3/t14-/m1/s1. The minimum Gasteiger partial charge on any atom is -0.496 e. The van der Waals surface area contributed by atoms with Crippen LogP contribution in [0.4, 0.5) is 0 Å². The first-order valence-electron chi connectivity index (χ1n) is 7.62. The van der Waals surface area contributed by atoms with E-state index >= 15 is 0 Å². The van der Waals surface area contributed by atoms with Crippen molar-refractivity contribution in [3.63, 3.8) is 0 Å². The number of likely N-dealkylation sites (N-methyl/N-ethyl adjacent to an activating group) is 1. The summed E-state index contributed by atoms with van der Waals surface area (Å²) in [6, 6.07) is 5.88. The number of rotatable bonds is 4. The molecule has 2 heterocycles. The van der Waals surface area contributed by atoms with Crippen LogP contribution in [0.15, 0.2) is 22.7 Å². The maximum Gasteiger partial charge on any atom is 0.245 e. The molecule has 0 aliphatic carbocycles. The topological polar surface area (TPSA) is 54.6 Å². The molecule has 1 fully saturated rings. The number of piperazine rings is 1. The van der Waals surface area contributed by atoms with Gasteiger partial charge in [-0.15, -0.1) is 0 Å². The van der Waals surface area contributed by atoms with E-state index in [1.807, 2.05) is 25.1 Å². The van der Waals surface area contributed by atoms with Gasteiger partial charge in [0.1, 0.15) is 11.8 Å². The molecule has 1 saturated heterocycles. The van der Waals surface area contributed by atoms with E-state index in [1.165, 1.54) is 0 Å². The molecule has 6 nitrogen and oxygen atoms in total. The Kier molecular flexibility index (Phi) is 4.84. The van der Waals surface area contributed by atoms with Crippen LogP contribution < -0.4 is 4.74 Å². The lowest BCUT2D eigenvalue weighted by molar-refractivity contribution is 0.0710. The summed E-state index contributed by atoms with van der Waals surface area (Å²) < 4.78 is 10.8. The van der Waals surface area contributed by atoms with Crippen molar-refractivity contribution in [3.8, 4) is 5.75 Å². The van der Waals surface area contributed by atoms with Crippen LogP contribution >= 0.6 is 11.6 Å². The molecular formula is C16H21ClN4O2. The van der Waals surface area contributed by atoms with Crippen LogP contribution in [0.2, 0.25) is 5.02 Å². The molecule has 7 heteroatoms. The second-order valence-corrected chi connectivity index (χ2v) is 6.30. The molecule has 0 spiro atoms. The van der Waals surface area contributed by atoms with E-state index < -0.39 is 0 Å². The van der Waals surface area contributed by atoms with Crippen LogP contribution in [0, 0.1) is 6.92 Å². The van der Waals surface area contributed by atoms with Crippen molar-refractivity contribution < 1.29 is 9.26 Å². The van der Waals surface area contributed by atoms with Crippen LogP contribution in [0.3, 0.4) is 0 Å². The fraction of sp³-hybridized carbons (Fsp3) is 0.500. The lowest BCUT2D eigenvalue weighted by Gasteiger charge is -2.37. The van der Waals surface area contributed by atoms with Crippen molar-refractivity contribution in [2.75, 3.05) is 33.8 Å². The zero-order chi connectivity index (χ0) is 16.4. The third kappa shape index (κ3) is 3.65. The van der Waals surface area contributed by atoms with Gasteiger partial charge in [-0.05, 0) is 26.1 Å². The van der Waals surface area contributed by atoms with Gasteiger partial charge in [-0.2, -0.15) is 4.98 Å². The second kappa shape index (κ2) is 6.86. The fourth-order valence-corrected chi connectivity index (χ4v) is 3.04. The molecular weight excluding hydrogens is 316 g/mol. The highest BCUT2D eigenvalue weighted by molar-refractivity contribution is 6.30. The van der Waals surface area contributed by atoms with Crippen LogP contribution in [0.25, 0.3) is 0 Å². The van der Waals surface area contributed by atoms with Crippen molar-refractivity contribution in [1.82, 2.24) is 19.9 Å². The molecule has 1 aromatic carbocycles. The van der Waals surface area contributed by atoms with Crippen molar-refractivity contribution in [3.05, 3.63) is 40.5 Å². The molecule has 1 atom stereocenters. The molecule has 124 valence electrons. The summed E-state index contributed by atoms with van der Waals surface area (Å²) >= 11 is 6.04. The normalized spacial score (nSPS) is 19.9. The minimum absolute atomic E-state index is 0.114. The maximum atomic E-state index is 6.04. The van der Waals surface area contributed by atoms with Crippen LogP contribution in [-0.2, 0) is 6.54 Å². The molecule has 0 N–H and O–H groups in total. The van der Waals surface area contributed by atoms with E-state index in [0.29, 0.717) is 16.7 Å². The van der Waals surface area contributed by atoms with E-state index in [-0.39, 0.29) is 6.04 Å². The zero-order valence-corrected chi connectivity index (χ0v) is 14.4. The molecule has 0 radical (unpaired) electrons. The average molecular weight is 337 g/mol. The summed E-state index contributed by atoms with van der Waals surface area (Å²) in [5.74, 6) is 2.17. The number of aryl methyl sites for hydroxylation is 1. The third-order valence-electron chi connectivity index (χ3n) is 4.20. The fourth-order valence-electron chi connectivity index (χ4n) is 2.88. The van der Waals surface area contributed by atoms with Gasteiger partial charge in [-0.1, -0.05) is 22.8 Å². The van der Waals surface area contributed by atoms with E-state index in [4.69, 9.17) is 20.9 Å². The number of hydrogen-bond donors (Lipinski definition) is 0. The van der Waals surface area contributed by atoms with E-state index in [1.54, 1.807) is 7.11 Å². The quantitative estimate of drug-likeness (QED) is 0.855. The Morgan fingerprint density at radius 1 is 1.39 bits per heavy atom. The van der Waals surface area contributed by atoms with Gasteiger partial charge in [0, 0.05) is 36.8 Å². The van der Waals surface area contributed by atoms with E-state index in [0.717, 1.165) is 37.5 Å². The summed E-state index contributed by atoms with van der Waals surface area (Å²) in [6.45, 7) is 5.40. The van der Waals surface area contributed by atoms with Gasteiger partial charge >= 0.3 is 0 Å². The van der Waals surface area contributed by atoms with Gasteiger partial charge < -0.3 is 9.26 Å². The molecule has 1 aromatic heterocycles. The number of benzene rings is 1. The SMILES string of the molecule is COc1cc(Cl)ccc1CN1CCN(C)[C@@H](c2nc(C)no2)C1. The first-order valence-corrected chi connectivity index (χ1v) is 8.00. The van der Waals surface area contributed by atoms with Crippen molar-refractivity contribution >= 4 is 11.6 Å². The van der Waals surface area contributed by atoms with Crippen LogP contribution in [0.5, 0.6) is 5.75 Å². The monoisotopic (exact) mass is 336 g/mol. The zero-order valence-electron chi connectivity index (χ0n) is 13.6. The number of hydrogen-bond acceptors (Lipinski definition) is 6. The predicted octanol–water partition coefficient (Wildman–Crippen LogP) is 2.53. The number of ether oxygens (including phenoxy) is 1. The van der Waals surface area contributed by atoms with Crippen LogP contribution in [0.1, 0.15) is 23.3 Å². The molecule has 1 aliphatic heterocycles. The molecule has 2 aromatic rings. The molecule has 0 saturated carbocycles. The molecule has 0 amide bonds. The van der Waals surface area contributed by atoms with Gasteiger partial charge in [0.15, 0.2) is 5.82 Å². The smallest absolute Gasteiger partial charge is 0.245 e. The highest BCUT2D eigenvalue weighted by Gasteiger charge is 2.30. The Balaban J connectivity index is 1.74. The van der Waals surface area contributed by atoms with Crippen molar-refractivity contribution in [2.24, 2.45) is 0 Å². The summed E-state index contributed by atoms with van der Waals surface area (Å²) in [6.07, 6.45) is 0. The molecule has 0 bridgehead atoms. The second-order valence-electron chi connectivity index (χ2n) is 5.87. The first kappa shape index (κ1) is 16.2. The summed E-state index contributed by atoms with van der Waals surface area (Å²) in [4.78, 5) is 9.01. The Hall–Kier alpha value is -1.63. The number of halogens is 1.